The molecule has 1 atom stereocenters. The second-order valence-electron chi connectivity index (χ2n) is 6.96. The molecule has 1 heterocycles. The van der Waals surface area contributed by atoms with E-state index in [0.717, 1.165) is 6.92 Å². The van der Waals surface area contributed by atoms with Crippen molar-refractivity contribution >= 4 is 23.5 Å². The maximum absolute atomic E-state index is 14.5. The van der Waals surface area contributed by atoms with E-state index in [0.29, 0.717) is 12.1 Å². The third kappa shape index (κ3) is 5.79. The van der Waals surface area contributed by atoms with E-state index in [1.807, 2.05) is 0 Å². The molecule has 0 spiro atoms. The van der Waals surface area contributed by atoms with Crippen molar-refractivity contribution in [2.45, 2.75) is 31.5 Å². The molecule has 9 nitrogen and oxygen atoms in total. The molecule has 0 fully saturated rings. The van der Waals surface area contributed by atoms with Gasteiger partial charge in [-0.15, -0.1) is 0 Å². The summed E-state index contributed by atoms with van der Waals surface area (Å²) in [6.45, 7) is 1.27. The summed E-state index contributed by atoms with van der Waals surface area (Å²) in [5.74, 6) is -4.15. The Hall–Kier alpha value is -3.19. The number of carboxylic acid groups (broad SMARTS) is 1. The van der Waals surface area contributed by atoms with Crippen LogP contribution in [0.1, 0.15) is 35.8 Å². The zero-order chi connectivity index (χ0) is 25.1. The number of hydrogen-bond donors (Lipinski definition) is 2. The Kier molecular flexibility index (Phi) is 7.70. The minimum atomic E-state index is -5.05. The zero-order valence-electron chi connectivity index (χ0n) is 17.1. The molecular weight excluding hydrogens is 480 g/mol. The lowest BCUT2D eigenvalue weighted by Gasteiger charge is -2.25. The average Bonchev–Trinajstić information content (AvgIpc) is 2.68. The Labute approximate surface area is 187 Å². The standard InChI is InChI=1S/C19H17ClF4N2O7/c1-18(16(29)30,4-3-5-32-2)33-15(28)9-6-12(11(21)7-10(9)20)26-14(27)8-13(19(22,23)24)25-17(26)31/h6-8H,3-5H2,1-2H3,(H,25,31)(H,29,30). The van der Waals surface area contributed by atoms with Crippen molar-refractivity contribution in [2.75, 3.05) is 13.7 Å². The maximum atomic E-state index is 14.5. The van der Waals surface area contributed by atoms with E-state index in [2.05, 4.69) is 0 Å². The number of rotatable bonds is 8. The van der Waals surface area contributed by atoms with E-state index in [4.69, 9.17) is 21.1 Å². The van der Waals surface area contributed by atoms with Crippen LogP contribution in [0.2, 0.25) is 5.02 Å². The van der Waals surface area contributed by atoms with Crippen molar-refractivity contribution in [1.29, 1.82) is 0 Å². The quantitative estimate of drug-likeness (QED) is 0.327. The van der Waals surface area contributed by atoms with Crippen molar-refractivity contribution in [3.05, 3.63) is 61.1 Å². The van der Waals surface area contributed by atoms with Crippen LogP contribution >= 0.6 is 11.6 Å². The normalized spacial score (nSPS) is 13.4. The number of aromatic nitrogens is 2. The molecule has 1 unspecified atom stereocenters. The molecule has 1 aromatic carbocycles. The first-order valence-electron chi connectivity index (χ1n) is 9.10. The molecule has 0 aliphatic rings. The summed E-state index contributed by atoms with van der Waals surface area (Å²) in [4.78, 5) is 49.9. The van der Waals surface area contributed by atoms with Gasteiger partial charge in [0.25, 0.3) is 5.56 Å². The summed E-state index contributed by atoms with van der Waals surface area (Å²) < 4.78 is 62.7. The highest BCUT2D eigenvalue weighted by molar-refractivity contribution is 6.33. The monoisotopic (exact) mass is 496 g/mol. The number of nitrogens with one attached hydrogen (secondary N) is 1. The molecule has 0 bridgehead atoms. The van der Waals surface area contributed by atoms with Crippen LogP contribution in [-0.4, -0.2) is 45.9 Å². The Morgan fingerprint density at radius 3 is 2.36 bits per heavy atom. The first-order chi connectivity index (χ1) is 15.2. The van der Waals surface area contributed by atoms with Gasteiger partial charge in [0.1, 0.15) is 11.5 Å². The first kappa shape index (κ1) is 26.1. The number of hydrogen-bond acceptors (Lipinski definition) is 6. The summed E-state index contributed by atoms with van der Waals surface area (Å²) in [6.07, 6.45) is -5.01. The summed E-state index contributed by atoms with van der Waals surface area (Å²) in [5, 5.41) is 8.89. The lowest BCUT2D eigenvalue weighted by Crippen LogP contribution is -2.41. The van der Waals surface area contributed by atoms with E-state index in [9.17, 15) is 41.8 Å². The van der Waals surface area contributed by atoms with Gasteiger partial charge in [0, 0.05) is 26.2 Å². The number of carbonyl (C=O) groups is 2. The number of ether oxygens (including phenoxy) is 2. The zero-order valence-corrected chi connectivity index (χ0v) is 17.8. The minimum Gasteiger partial charge on any atom is -0.478 e. The number of carbonyl (C=O) groups excluding carboxylic acids is 1. The summed E-state index contributed by atoms with van der Waals surface area (Å²) in [7, 11) is 1.38. The second-order valence-corrected chi connectivity index (χ2v) is 7.37. The number of nitrogens with zero attached hydrogens (tertiary/aromatic N) is 1. The third-order valence-corrected chi connectivity index (χ3v) is 4.82. The number of H-pyrrole nitrogens is 1. The summed E-state index contributed by atoms with van der Waals surface area (Å²) in [5.41, 5.74) is -8.39. The number of aliphatic carboxylic acids is 1. The molecule has 14 heteroatoms. The Morgan fingerprint density at radius 2 is 1.85 bits per heavy atom. The fourth-order valence-electron chi connectivity index (χ4n) is 2.76. The van der Waals surface area contributed by atoms with Crippen LogP contribution in [0, 0.1) is 5.82 Å². The van der Waals surface area contributed by atoms with Gasteiger partial charge >= 0.3 is 23.8 Å². The fraction of sp³-hybridized carbons (Fsp3) is 0.368. The van der Waals surface area contributed by atoms with Crippen LogP contribution in [0.3, 0.4) is 0 Å². The molecule has 33 heavy (non-hydrogen) atoms. The number of methoxy groups -OCH3 is 1. The number of benzene rings is 1. The van der Waals surface area contributed by atoms with E-state index in [-0.39, 0.29) is 30.1 Å². The summed E-state index contributed by atoms with van der Waals surface area (Å²) in [6, 6.07) is 1.16. The lowest BCUT2D eigenvalue weighted by molar-refractivity contribution is -0.158. The second kappa shape index (κ2) is 9.75. The van der Waals surface area contributed by atoms with Crippen LogP contribution in [0.15, 0.2) is 27.8 Å². The number of carboxylic acids is 1. The van der Waals surface area contributed by atoms with Gasteiger partial charge < -0.3 is 19.6 Å². The van der Waals surface area contributed by atoms with Crippen molar-refractivity contribution in [3.63, 3.8) is 0 Å². The molecule has 180 valence electrons. The van der Waals surface area contributed by atoms with Gasteiger partial charge in [0.15, 0.2) is 0 Å². The largest absolute Gasteiger partial charge is 0.478 e. The number of alkyl halides is 3. The van der Waals surface area contributed by atoms with Gasteiger partial charge in [-0.1, -0.05) is 11.6 Å². The maximum Gasteiger partial charge on any atom is 0.431 e. The van der Waals surface area contributed by atoms with Gasteiger partial charge in [-0.05, 0) is 25.5 Å². The Bertz CT molecular complexity index is 1160. The topological polar surface area (TPSA) is 128 Å². The molecule has 0 saturated carbocycles. The first-order valence-corrected chi connectivity index (χ1v) is 9.47. The number of aromatic amines is 1. The van der Waals surface area contributed by atoms with Gasteiger partial charge in [-0.3, -0.25) is 4.79 Å². The molecule has 0 saturated heterocycles. The Balaban J connectivity index is 2.54. The molecule has 0 amide bonds. The molecule has 2 N–H and O–H groups in total. The van der Waals surface area contributed by atoms with Crippen molar-refractivity contribution < 1.29 is 41.7 Å². The predicted molar refractivity (Wildman–Crippen MR) is 105 cm³/mol. The highest BCUT2D eigenvalue weighted by Gasteiger charge is 2.38. The van der Waals surface area contributed by atoms with Gasteiger partial charge in [-0.25, -0.2) is 23.3 Å². The summed E-state index contributed by atoms with van der Waals surface area (Å²) >= 11 is 5.85. The molecule has 0 aliphatic carbocycles. The van der Waals surface area contributed by atoms with E-state index < -0.39 is 62.7 Å². The van der Waals surface area contributed by atoms with Gasteiger partial charge in [0.2, 0.25) is 5.60 Å². The van der Waals surface area contributed by atoms with Crippen molar-refractivity contribution in [2.24, 2.45) is 0 Å². The smallest absolute Gasteiger partial charge is 0.431 e. The highest BCUT2D eigenvalue weighted by atomic mass is 35.5. The van der Waals surface area contributed by atoms with E-state index in [1.165, 1.54) is 12.1 Å². The molecular formula is C19H17ClF4N2O7. The van der Waals surface area contributed by atoms with Crippen LogP contribution in [-0.2, 0) is 20.4 Å². The molecule has 1 aromatic heterocycles. The SMILES string of the molecule is COCCCC(C)(OC(=O)c1cc(-n2c(=O)cc(C(F)(F)F)[nH]c2=O)c(F)cc1Cl)C(=O)O. The molecule has 2 rings (SSSR count). The third-order valence-electron chi connectivity index (χ3n) is 4.51. The van der Waals surface area contributed by atoms with Gasteiger partial charge in [-0.2, -0.15) is 13.2 Å². The van der Waals surface area contributed by atoms with E-state index >= 15 is 0 Å². The van der Waals surface area contributed by atoms with Crippen LogP contribution in [0.5, 0.6) is 0 Å². The van der Waals surface area contributed by atoms with Crippen LogP contribution in [0.25, 0.3) is 5.69 Å². The lowest BCUT2D eigenvalue weighted by atomic mass is 10.00. The number of esters is 1. The van der Waals surface area contributed by atoms with Crippen molar-refractivity contribution in [3.8, 4) is 5.69 Å². The number of halogens is 5. The predicted octanol–water partition coefficient (Wildman–Crippen LogP) is 2.76. The van der Waals surface area contributed by atoms with Gasteiger partial charge in [0.05, 0.1) is 16.3 Å². The molecule has 0 aliphatic heterocycles. The van der Waals surface area contributed by atoms with Crippen LogP contribution in [0.4, 0.5) is 17.6 Å². The van der Waals surface area contributed by atoms with E-state index in [1.54, 1.807) is 0 Å². The van der Waals surface area contributed by atoms with Crippen LogP contribution < -0.4 is 11.2 Å². The van der Waals surface area contributed by atoms with Crippen molar-refractivity contribution in [1.82, 2.24) is 9.55 Å². The molecule has 0 radical (unpaired) electrons. The minimum absolute atomic E-state index is 0.0205. The highest BCUT2D eigenvalue weighted by Crippen LogP contribution is 2.28. The average molecular weight is 497 g/mol. The Morgan fingerprint density at radius 1 is 1.21 bits per heavy atom. The fourth-order valence-corrected chi connectivity index (χ4v) is 2.98. The molecule has 2 aromatic rings.